The Morgan fingerprint density at radius 3 is 2.32 bits per heavy atom. The summed E-state index contributed by atoms with van der Waals surface area (Å²) in [4.78, 5) is 13.9. The molecule has 3 heteroatoms. The van der Waals surface area contributed by atoms with Crippen LogP contribution in [0.5, 0.6) is 0 Å². The molecule has 0 aliphatic heterocycles. The summed E-state index contributed by atoms with van der Waals surface area (Å²) in [5.41, 5.74) is 8.14. The average Bonchev–Trinajstić information content (AvgIpc) is 2.45. The molecule has 0 bridgehead atoms. The summed E-state index contributed by atoms with van der Waals surface area (Å²) in [6.45, 7) is 6.71. The van der Waals surface area contributed by atoms with Crippen molar-refractivity contribution in [2.24, 2.45) is 5.73 Å². The van der Waals surface area contributed by atoms with Crippen LogP contribution in [0, 0.1) is 0 Å². The van der Waals surface area contributed by atoms with Crippen LogP contribution in [0.2, 0.25) is 0 Å². The van der Waals surface area contributed by atoms with Crippen LogP contribution in [-0.4, -0.2) is 30.4 Å². The van der Waals surface area contributed by atoms with E-state index >= 15 is 0 Å². The lowest BCUT2D eigenvalue weighted by atomic mass is 9.95. The monoisotopic (exact) mass is 262 g/mol. The third-order valence-electron chi connectivity index (χ3n) is 3.83. The van der Waals surface area contributed by atoms with Crippen LogP contribution < -0.4 is 5.73 Å². The van der Waals surface area contributed by atoms with Gasteiger partial charge in [-0.2, -0.15) is 0 Å². The number of amides is 1. The maximum absolute atomic E-state index is 12.1. The fraction of sp³-hybridized carbons (Fsp3) is 0.562. The minimum atomic E-state index is 0.0992. The Hall–Kier alpha value is -1.35. The van der Waals surface area contributed by atoms with E-state index in [0.717, 1.165) is 6.42 Å². The minimum Gasteiger partial charge on any atom is -0.342 e. The topological polar surface area (TPSA) is 46.3 Å². The number of hydrogen-bond acceptors (Lipinski definition) is 2. The summed E-state index contributed by atoms with van der Waals surface area (Å²) in [5.74, 6) is 0.399. The first-order valence-electron chi connectivity index (χ1n) is 7.04. The standard InChI is InChI=1S/C16H26N2O/c1-5-14-6-8-15(9-7-14)12(2)10-16(19)18(4)13(3)11-17/h6-9,12-13H,5,10-11,17H2,1-4H3. The zero-order chi connectivity index (χ0) is 14.4. The van der Waals surface area contributed by atoms with E-state index < -0.39 is 0 Å². The molecule has 2 N–H and O–H groups in total. The number of hydrogen-bond donors (Lipinski definition) is 1. The molecule has 0 aliphatic carbocycles. The lowest BCUT2D eigenvalue weighted by Crippen LogP contribution is -2.40. The van der Waals surface area contributed by atoms with Gasteiger partial charge in [-0.05, 0) is 30.4 Å². The molecule has 2 unspecified atom stereocenters. The quantitative estimate of drug-likeness (QED) is 0.856. The molecule has 3 nitrogen and oxygen atoms in total. The number of likely N-dealkylation sites (N-methyl/N-ethyl adjacent to an activating group) is 1. The Bertz CT molecular complexity index is 400. The molecule has 1 amide bonds. The second-order valence-electron chi connectivity index (χ2n) is 5.29. The summed E-state index contributed by atoms with van der Waals surface area (Å²) < 4.78 is 0. The number of carbonyl (C=O) groups excluding carboxylic acids is 1. The Balaban J connectivity index is 2.63. The third kappa shape index (κ3) is 4.35. The van der Waals surface area contributed by atoms with Crippen molar-refractivity contribution in [1.29, 1.82) is 0 Å². The third-order valence-corrected chi connectivity index (χ3v) is 3.83. The van der Waals surface area contributed by atoms with E-state index in [0.29, 0.717) is 13.0 Å². The van der Waals surface area contributed by atoms with Crippen LogP contribution in [0.1, 0.15) is 44.2 Å². The zero-order valence-electron chi connectivity index (χ0n) is 12.5. The van der Waals surface area contributed by atoms with Gasteiger partial charge in [-0.25, -0.2) is 0 Å². The van der Waals surface area contributed by atoms with Gasteiger partial charge in [0.05, 0.1) is 0 Å². The van der Waals surface area contributed by atoms with Gasteiger partial charge >= 0.3 is 0 Å². The van der Waals surface area contributed by atoms with Crippen LogP contribution in [0.3, 0.4) is 0 Å². The highest BCUT2D eigenvalue weighted by Crippen LogP contribution is 2.20. The number of rotatable bonds is 6. The first-order valence-corrected chi connectivity index (χ1v) is 7.04. The molecular formula is C16H26N2O. The molecule has 0 spiro atoms. The van der Waals surface area contributed by atoms with Gasteiger partial charge < -0.3 is 10.6 Å². The summed E-state index contributed by atoms with van der Waals surface area (Å²) in [6.07, 6.45) is 1.58. The van der Waals surface area contributed by atoms with Crippen molar-refractivity contribution in [2.45, 2.75) is 45.6 Å². The largest absolute Gasteiger partial charge is 0.342 e. The highest BCUT2D eigenvalue weighted by Gasteiger charge is 2.18. The van der Waals surface area contributed by atoms with Gasteiger partial charge in [-0.3, -0.25) is 4.79 Å². The van der Waals surface area contributed by atoms with Crippen molar-refractivity contribution in [2.75, 3.05) is 13.6 Å². The normalized spacial score (nSPS) is 13.9. The van der Waals surface area contributed by atoms with Gasteiger partial charge in [0.1, 0.15) is 0 Å². The Morgan fingerprint density at radius 2 is 1.84 bits per heavy atom. The highest BCUT2D eigenvalue weighted by atomic mass is 16.2. The predicted octanol–water partition coefficient (Wildman–Crippen LogP) is 2.55. The van der Waals surface area contributed by atoms with Crippen LogP contribution in [-0.2, 0) is 11.2 Å². The summed E-state index contributed by atoms with van der Waals surface area (Å²) in [5, 5.41) is 0. The van der Waals surface area contributed by atoms with E-state index in [1.54, 1.807) is 4.90 Å². The zero-order valence-corrected chi connectivity index (χ0v) is 12.5. The van der Waals surface area contributed by atoms with Crippen LogP contribution in [0.15, 0.2) is 24.3 Å². The van der Waals surface area contributed by atoms with Gasteiger partial charge in [0.2, 0.25) is 5.91 Å². The number of aryl methyl sites for hydroxylation is 1. The molecule has 1 aromatic rings. The van der Waals surface area contributed by atoms with Crippen molar-refractivity contribution in [3.05, 3.63) is 35.4 Å². The molecule has 1 aromatic carbocycles. The maximum atomic E-state index is 12.1. The molecule has 19 heavy (non-hydrogen) atoms. The average molecular weight is 262 g/mol. The second-order valence-corrected chi connectivity index (χ2v) is 5.29. The summed E-state index contributed by atoms with van der Waals surface area (Å²) in [6, 6.07) is 8.64. The smallest absolute Gasteiger partial charge is 0.223 e. The lowest BCUT2D eigenvalue weighted by molar-refractivity contribution is -0.131. The van der Waals surface area contributed by atoms with E-state index in [4.69, 9.17) is 5.73 Å². The van der Waals surface area contributed by atoms with Crippen LogP contribution in [0.4, 0.5) is 0 Å². The summed E-state index contributed by atoms with van der Waals surface area (Å²) in [7, 11) is 1.83. The lowest BCUT2D eigenvalue weighted by Gasteiger charge is -2.25. The van der Waals surface area contributed by atoms with E-state index in [9.17, 15) is 4.79 Å². The summed E-state index contributed by atoms with van der Waals surface area (Å²) >= 11 is 0. The van der Waals surface area contributed by atoms with Gasteiger partial charge in [-0.1, -0.05) is 38.1 Å². The first-order chi connectivity index (χ1) is 8.99. The Kier molecular flexibility index (Phi) is 6.03. The molecule has 0 radical (unpaired) electrons. The molecule has 0 heterocycles. The van der Waals surface area contributed by atoms with E-state index in [-0.39, 0.29) is 17.9 Å². The Labute approximate surface area is 116 Å². The maximum Gasteiger partial charge on any atom is 0.223 e. The molecule has 0 aromatic heterocycles. The van der Waals surface area contributed by atoms with Gasteiger partial charge in [0.15, 0.2) is 0 Å². The van der Waals surface area contributed by atoms with Crippen molar-refractivity contribution < 1.29 is 4.79 Å². The molecule has 106 valence electrons. The number of benzene rings is 1. The second kappa shape index (κ2) is 7.29. The fourth-order valence-electron chi connectivity index (χ4n) is 2.01. The predicted molar refractivity (Wildman–Crippen MR) is 80.1 cm³/mol. The van der Waals surface area contributed by atoms with Crippen LogP contribution in [0.25, 0.3) is 0 Å². The molecule has 2 atom stereocenters. The first kappa shape index (κ1) is 15.7. The van der Waals surface area contributed by atoms with Gasteiger partial charge in [0.25, 0.3) is 0 Å². The van der Waals surface area contributed by atoms with E-state index in [1.807, 2.05) is 14.0 Å². The van der Waals surface area contributed by atoms with E-state index in [2.05, 4.69) is 38.1 Å². The number of nitrogens with two attached hydrogens (primary N) is 1. The highest BCUT2D eigenvalue weighted by molar-refractivity contribution is 5.77. The van der Waals surface area contributed by atoms with Gasteiger partial charge in [0, 0.05) is 26.1 Å². The molecular weight excluding hydrogens is 236 g/mol. The van der Waals surface area contributed by atoms with Gasteiger partial charge in [-0.15, -0.1) is 0 Å². The SMILES string of the molecule is CCc1ccc(C(C)CC(=O)N(C)C(C)CN)cc1. The van der Waals surface area contributed by atoms with Crippen molar-refractivity contribution >= 4 is 5.91 Å². The molecule has 0 saturated carbocycles. The Morgan fingerprint density at radius 1 is 1.26 bits per heavy atom. The molecule has 0 aliphatic rings. The number of carbonyl (C=O) groups is 1. The number of nitrogens with zero attached hydrogens (tertiary/aromatic N) is 1. The van der Waals surface area contributed by atoms with E-state index in [1.165, 1.54) is 11.1 Å². The fourth-order valence-corrected chi connectivity index (χ4v) is 2.01. The molecule has 1 rings (SSSR count). The van der Waals surface area contributed by atoms with Crippen molar-refractivity contribution in [3.8, 4) is 0 Å². The van der Waals surface area contributed by atoms with Crippen LogP contribution >= 0.6 is 0 Å². The molecule has 0 saturated heterocycles. The van der Waals surface area contributed by atoms with Crippen molar-refractivity contribution in [3.63, 3.8) is 0 Å². The minimum absolute atomic E-state index is 0.0992. The van der Waals surface area contributed by atoms with Crippen molar-refractivity contribution in [1.82, 2.24) is 4.90 Å². The molecule has 0 fully saturated rings.